The number of hydrogen-bond acceptors (Lipinski definition) is 1. The number of rotatable bonds is 3. The third-order valence-corrected chi connectivity index (χ3v) is 1.53. The predicted octanol–water partition coefficient (Wildman–Crippen LogP) is 1.48. The van der Waals surface area contributed by atoms with Crippen LogP contribution in [-0.4, -0.2) is 11.4 Å². The monoisotopic (exact) mass is 141 g/mol. The Morgan fingerprint density at radius 1 is 1.70 bits per heavy atom. The normalized spacial score (nSPS) is 10.7. The zero-order valence-electron chi connectivity index (χ0n) is 6.90. The van der Waals surface area contributed by atoms with E-state index in [9.17, 15) is 4.79 Å². The number of hydrogen-bond donors (Lipinski definition) is 1. The van der Waals surface area contributed by atoms with Crippen LogP contribution in [-0.2, 0) is 4.79 Å². The van der Waals surface area contributed by atoms with E-state index >= 15 is 0 Å². The van der Waals surface area contributed by atoms with Crippen LogP contribution in [0.2, 0.25) is 0 Å². The molecular formula is C8H15NO. The van der Waals surface area contributed by atoms with Crippen LogP contribution >= 0.6 is 0 Å². The van der Waals surface area contributed by atoms with Gasteiger partial charge < -0.3 is 5.32 Å². The number of carbonyl (C=O) groups is 1. The molecule has 0 unspecified atom stereocenters. The van der Waals surface area contributed by atoms with Crippen molar-refractivity contribution in [1.29, 1.82) is 0 Å². The van der Waals surface area contributed by atoms with Crippen molar-refractivity contribution in [3.8, 4) is 0 Å². The maximum atomic E-state index is 10.8. The Morgan fingerprint density at radius 3 is 2.50 bits per heavy atom. The molecule has 0 aromatic rings. The topological polar surface area (TPSA) is 29.1 Å². The van der Waals surface area contributed by atoms with E-state index in [4.69, 9.17) is 0 Å². The van der Waals surface area contributed by atoms with Gasteiger partial charge in [0.25, 0.3) is 0 Å². The van der Waals surface area contributed by atoms with Crippen molar-refractivity contribution >= 4 is 5.91 Å². The van der Waals surface area contributed by atoms with Gasteiger partial charge in [-0.25, -0.2) is 0 Å². The molecule has 0 fully saturated rings. The van der Waals surface area contributed by atoms with Gasteiger partial charge in [-0.2, -0.15) is 0 Å². The Kier molecular flexibility index (Phi) is 3.13. The van der Waals surface area contributed by atoms with Crippen molar-refractivity contribution < 1.29 is 4.79 Å². The highest BCUT2D eigenvalue weighted by Gasteiger charge is 2.15. The molecule has 0 saturated heterocycles. The molecule has 0 heterocycles. The van der Waals surface area contributed by atoms with Gasteiger partial charge in [0.2, 0.25) is 5.91 Å². The highest BCUT2D eigenvalue weighted by atomic mass is 16.1. The fourth-order valence-electron chi connectivity index (χ4n) is 0.473. The Bertz CT molecular complexity index is 138. The molecule has 10 heavy (non-hydrogen) atoms. The molecule has 2 nitrogen and oxygen atoms in total. The second-order valence-electron chi connectivity index (χ2n) is 2.93. The van der Waals surface area contributed by atoms with Gasteiger partial charge in [-0.1, -0.05) is 13.5 Å². The second kappa shape index (κ2) is 3.40. The summed E-state index contributed by atoms with van der Waals surface area (Å²) in [6.45, 7) is 9.36. The van der Waals surface area contributed by atoms with E-state index in [1.54, 1.807) is 0 Å². The summed E-state index contributed by atoms with van der Waals surface area (Å²) in [6, 6.07) is 0. The van der Waals surface area contributed by atoms with E-state index in [0.29, 0.717) is 0 Å². The van der Waals surface area contributed by atoms with Gasteiger partial charge in [-0.3, -0.25) is 4.79 Å². The Hall–Kier alpha value is -0.790. The lowest BCUT2D eigenvalue weighted by molar-refractivity contribution is -0.118. The van der Waals surface area contributed by atoms with E-state index in [-0.39, 0.29) is 11.4 Å². The van der Waals surface area contributed by atoms with E-state index in [2.05, 4.69) is 11.9 Å². The molecule has 58 valence electrons. The first kappa shape index (κ1) is 9.21. The molecule has 0 aliphatic heterocycles. The van der Waals surface area contributed by atoms with Gasteiger partial charge in [0, 0.05) is 5.54 Å². The van der Waals surface area contributed by atoms with Gasteiger partial charge in [0.15, 0.2) is 0 Å². The molecular weight excluding hydrogens is 126 g/mol. The smallest absolute Gasteiger partial charge is 0.243 e. The summed E-state index contributed by atoms with van der Waals surface area (Å²) in [5.74, 6) is -0.105. The van der Waals surface area contributed by atoms with Gasteiger partial charge >= 0.3 is 0 Å². The lowest BCUT2D eigenvalue weighted by atomic mass is 10.0. The third-order valence-electron chi connectivity index (χ3n) is 1.53. The molecule has 0 rings (SSSR count). The van der Waals surface area contributed by atoms with Crippen LogP contribution in [0.25, 0.3) is 0 Å². The second-order valence-corrected chi connectivity index (χ2v) is 2.93. The first-order chi connectivity index (χ1) is 4.52. The number of amides is 1. The molecule has 0 atom stereocenters. The van der Waals surface area contributed by atoms with Gasteiger partial charge in [0.1, 0.15) is 0 Å². The van der Waals surface area contributed by atoms with Crippen LogP contribution < -0.4 is 5.32 Å². The quantitative estimate of drug-likeness (QED) is 0.592. The van der Waals surface area contributed by atoms with E-state index < -0.39 is 0 Å². The average molecular weight is 141 g/mol. The lowest BCUT2D eigenvalue weighted by Gasteiger charge is -2.23. The zero-order valence-corrected chi connectivity index (χ0v) is 6.90. The molecule has 1 amide bonds. The number of carbonyl (C=O) groups excluding carboxylic acids is 1. The highest BCUT2D eigenvalue weighted by Crippen LogP contribution is 2.05. The summed E-state index contributed by atoms with van der Waals surface area (Å²) < 4.78 is 0. The van der Waals surface area contributed by atoms with E-state index in [1.807, 2.05) is 20.8 Å². The van der Waals surface area contributed by atoms with Crippen molar-refractivity contribution in [2.45, 2.75) is 32.7 Å². The van der Waals surface area contributed by atoms with Crippen molar-refractivity contribution in [3.05, 3.63) is 12.7 Å². The average Bonchev–Trinajstić information content (AvgIpc) is 1.87. The largest absolute Gasteiger partial charge is 0.348 e. The standard InChI is InChI=1S/C8H15NO/c1-5-7(10)9-8(3,4)6-2/h5H,1,6H2,2-4H3,(H,9,10). The third kappa shape index (κ3) is 3.28. The summed E-state index contributed by atoms with van der Waals surface area (Å²) in [7, 11) is 0. The molecule has 2 heteroatoms. The Balaban J connectivity index is 3.87. The maximum absolute atomic E-state index is 10.8. The molecule has 0 radical (unpaired) electrons. The molecule has 0 saturated carbocycles. The van der Waals surface area contributed by atoms with Gasteiger partial charge in [-0.05, 0) is 26.3 Å². The first-order valence-corrected chi connectivity index (χ1v) is 3.46. The summed E-state index contributed by atoms with van der Waals surface area (Å²) in [6.07, 6.45) is 2.21. The number of nitrogens with one attached hydrogen (secondary N) is 1. The van der Waals surface area contributed by atoms with Crippen molar-refractivity contribution in [2.75, 3.05) is 0 Å². The zero-order chi connectivity index (χ0) is 8.20. The van der Waals surface area contributed by atoms with E-state index in [1.165, 1.54) is 6.08 Å². The summed E-state index contributed by atoms with van der Waals surface area (Å²) in [5.41, 5.74) is -0.106. The molecule has 0 aliphatic rings. The summed E-state index contributed by atoms with van der Waals surface area (Å²) in [5, 5.41) is 2.80. The van der Waals surface area contributed by atoms with Crippen molar-refractivity contribution in [1.82, 2.24) is 5.32 Å². The molecule has 0 aliphatic carbocycles. The van der Waals surface area contributed by atoms with Gasteiger partial charge in [-0.15, -0.1) is 0 Å². The van der Waals surface area contributed by atoms with Crippen molar-refractivity contribution in [2.24, 2.45) is 0 Å². The Morgan fingerprint density at radius 2 is 2.20 bits per heavy atom. The minimum absolute atomic E-state index is 0.105. The van der Waals surface area contributed by atoms with Crippen LogP contribution in [0.5, 0.6) is 0 Å². The van der Waals surface area contributed by atoms with Crippen molar-refractivity contribution in [3.63, 3.8) is 0 Å². The first-order valence-electron chi connectivity index (χ1n) is 3.46. The van der Waals surface area contributed by atoms with Crippen LogP contribution in [0.15, 0.2) is 12.7 Å². The molecule has 0 aromatic carbocycles. The minimum atomic E-state index is -0.106. The van der Waals surface area contributed by atoms with Crippen LogP contribution in [0, 0.1) is 0 Å². The SMILES string of the molecule is C=CC(=O)NC(C)(C)CC. The highest BCUT2D eigenvalue weighted by molar-refractivity contribution is 5.87. The van der Waals surface area contributed by atoms with Gasteiger partial charge in [0.05, 0.1) is 0 Å². The van der Waals surface area contributed by atoms with Crippen LogP contribution in [0.4, 0.5) is 0 Å². The van der Waals surface area contributed by atoms with Crippen LogP contribution in [0.3, 0.4) is 0 Å². The van der Waals surface area contributed by atoms with E-state index in [0.717, 1.165) is 6.42 Å². The summed E-state index contributed by atoms with van der Waals surface area (Å²) >= 11 is 0. The van der Waals surface area contributed by atoms with Crippen LogP contribution in [0.1, 0.15) is 27.2 Å². The molecule has 0 spiro atoms. The molecule has 0 aromatic heterocycles. The maximum Gasteiger partial charge on any atom is 0.243 e. The fraction of sp³-hybridized carbons (Fsp3) is 0.625. The summed E-state index contributed by atoms with van der Waals surface area (Å²) in [4.78, 5) is 10.8. The predicted molar refractivity (Wildman–Crippen MR) is 42.7 cm³/mol. The lowest BCUT2D eigenvalue weighted by Crippen LogP contribution is -2.41. The Labute approximate surface area is 62.3 Å². The minimum Gasteiger partial charge on any atom is -0.348 e. The molecule has 1 N–H and O–H groups in total. The molecule has 0 bridgehead atoms. The fourth-order valence-corrected chi connectivity index (χ4v) is 0.473.